The first-order valence-electron chi connectivity index (χ1n) is 11.8. The first-order chi connectivity index (χ1) is 18.3. The van der Waals surface area contributed by atoms with Crippen LogP contribution >= 0.6 is 23.2 Å². The first-order valence-corrected chi connectivity index (χ1v) is 12.6. The summed E-state index contributed by atoms with van der Waals surface area (Å²) >= 11 is 12.6. The molecule has 0 aliphatic rings. The van der Waals surface area contributed by atoms with Crippen LogP contribution in [0.5, 0.6) is 0 Å². The summed E-state index contributed by atoms with van der Waals surface area (Å²) in [6, 6.07) is 17.9. The average molecular weight is 547 g/mol. The fraction of sp³-hybridized carbons (Fsp3) is 0.107. The molecule has 38 heavy (non-hydrogen) atoms. The first kappa shape index (κ1) is 25.4. The van der Waals surface area contributed by atoms with E-state index in [1.807, 2.05) is 61.0 Å². The molecule has 0 saturated carbocycles. The number of anilines is 3. The topological polar surface area (TPSA) is 104 Å². The van der Waals surface area contributed by atoms with Gasteiger partial charge in [0.2, 0.25) is 5.95 Å². The van der Waals surface area contributed by atoms with E-state index < -0.39 is 0 Å². The highest BCUT2D eigenvalue weighted by Gasteiger charge is 2.17. The van der Waals surface area contributed by atoms with Gasteiger partial charge in [-0.2, -0.15) is 0 Å². The molecule has 0 radical (unpaired) electrons. The number of hydrogen-bond donors (Lipinski definition) is 4. The van der Waals surface area contributed by atoms with Crippen molar-refractivity contribution in [2.24, 2.45) is 7.05 Å². The van der Waals surface area contributed by atoms with E-state index in [1.165, 1.54) is 0 Å². The summed E-state index contributed by atoms with van der Waals surface area (Å²) in [6.07, 6.45) is 3.57. The number of carbonyl (C=O) groups is 1. The van der Waals surface area contributed by atoms with Gasteiger partial charge < -0.3 is 25.5 Å². The highest BCUT2D eigenvalue weighted by molar-refractivity contribution is 6.39. The Morgan fingerprint density at radius 2 is 1.79 bits per heavy atom. The summed E-state index contributed by atoms with van der Waals surface area (Å²) in [7, 11) is 1.83. The molecule has 2 amide bonds. The van der Waals surface area contributed by atoms with Crippen molar-refractivity contribution < 1.29 is 4.79 Å². The van der Waals surface area contributed by atoms with Crippen molar-refractivity contribution in [2.75, 3.05) is 17.2 Å². The van der Waals surface area contributed by atoms with Crippen molar-refractivity contribution in [3.05, 3.63) is 98.4 Å². The van der Waals surface area contributed by atoms with E-state index in [-0.39, 0.29) is 11.6 Å². The molecule has 8 nitrogen and oxygen atoms in total. The van der Waals surface area contributed by atoms with Gasteiger partial charge in [0.15, 0.2) is 0 Å². The molecule has 0 aliphatic heterocycles. The van der Waals surface area contributed by atoms with E-state index in [9.17, 15) is 9.59 Å². The number of pyridine rings is 1. The molecular formula is C28H24Cl2N6O2. The van der Waals surface area contributed by atoms with Crippen LogP contribution < -0.4 is 21.5 Å². The standard InChI is InChI=1S/C28H24Cl2N6O2/c1-16-18-13-14-22-25(36(2)27(34-22)35-24-19(29)10-6-11-20(24)30)23(18)26(37)33-21(16)12-7-15-31-28(38)32-17-8-4-3-5-9-17/h3-14H,15H2,1-2H3,(H,33,37)(H,34,35)(H2,31,32,38). The van der Waals surface area contributed by atoms with Gasteiger partial charge in [0, 0.05) is 25.0 Å². The number of amides is 2. The molecule has 2 aromatic heterocycles. The van der Waals surface area contributed by atoms with Crippen LogP contribution in [0, 0.1) is 6.92 Å². The zero-order chi connectivity index (χ0) is 26.8. The Morgan fingerprint density at radius 3 is 2.53 bits per heavy atom. The van der Waals surface area contributed by atoms with E-state index in [2.05, 4.69) is 25.9 Å². The zero-order valence-corrected chi connectivity index (χ0v) is 22.1. The maximum Gasteiger partial charge on any atom is 0.319 e. The quantitative estimate of drug-likeness (QED) is 0.192. The van der Waals surface area contributed by atoms with Crippen molar-refractivity contribution in [1.82, 2.24) is 19.9 Å². The second kappa shape index (κ2) is 10.6. The summed E-state index contributed by atoms with van der Waals surface area (Å²) in [6.45, 7) is 2.23. The predicted molar refractivity (Wildman–Crippen MR) is 156 cm³/mol. The lowest BCUT2D eigenvalue weighted by Crippen LogP contribution is -2.28. The monoisotopic (exact) mass is 546 g/mol. The van der Waals surface area contributed by atoms with Crippen molar-refractivity contribution in [3.63, 3.8) is 0 Å². The molecule has 10 heteroatoms. The third-order valence-corrected chi connectivity index (χ3v) is 6.85. The Hall–Kier alpha value is -4.27. The van der Waals surface area contributed by atoms with Crippen LogP contribution in [0.1, 0.15) is 11.3 Å². The highest BCUT2D eigenvalue weighted by atomic mass is 35.5. The van der Waals surface area contributed by atoms with Crippen LogP contribution in [0.2, 0.25) is 10.0 Å². The van der Waals surface area contributed by atoms with E-state index in [0.29, 0.717) is 56.0 Å². The van der Waals surface area contributed by atoms with Crippen molar-refractivity contribution in [1.29, 1.82) is 0 Å². The minimum Gasteiger partial charge on any atom is -0.334 e. The predicted octanol–water partition coefficient (Wildman–Crippen LogP) is 6.61. The number of nitrogens with one attached hydrogen (secondary N) is 4. The summed E-state index contributed by atoms with van der Waals surface area (Å²) in [5.74, 6) is 0.503. The van der Waals surface area contributed by atoms with Crippen LogP contribution in [0.3, 0.4) is 0 Å². The number of aromatic amines is 1. The number of H-pyrrole nitrogens is 1. The number of imidazole rings is 1. The zero-order valence-electron chi connectivity index (χ0n) is 20.6. The number of aryl methyl sites for hydroxylation is 2. The molecule has 3 aromatic carbocycles. The number of hydrogen-bond acceptors (Lipinski definition) is 4. The number of para-hydroxylation sites is 2. The average Bonchev–Trinajstić information content (AvgIpc) is 3.22. The molecule has 0 saturated heterocycles. The Bertz CT molecular complexity index is 1740. The number of benzene rings is 3. The molecule has 2 heterocycles. The van der Waals surface area contributed by atoms with Gasteiger partial charge in [0.25, 0.3) is 5.56 Å². The lowest BCUT2D eigenvalue weighted by Gasteiger charge is -2.11. The van der Waals surface area contributed by atoms with E-state index in [4.69, 9.17) is 23.2 Å². The molecule has 0 fully saturated rings. The van der Waals surface area contributed by atoms with E-state index >= 15 is 0 Å². The van der Waals surface area contributed by atoms with Gasteiger partial charge in [-0.05, 0) is 54.3 Å². The fourth-order valence-electron chi connectivity index (χ4n) is 4.30. The normalized spacial score (nSPS) is 11.4. The molecule has 0 unspecified atom stereocenters. The molecule has 4 N–H and O–H groups in total. The Labute approximate surface area is 228 Å². The van der Waals surface area contributed by atoms with Gasteiger partial charge in [0.1, 0.15) is 0 Å². The maximum absolute atomic E-state index is 13.3. The summed E-state index contributed by atoms with van der Waals surface area (Å²) < 4.78 is 1.82. The fourth-order valence-corrected chi connectivity index (χ4v) is 4.80. The third-order valence-electron chi connectivity index (χ3n) is 6.22. The SMILES string of the molecule is Cc1c(C=CCNC(=O)Nc2ccccc2)[nH]c(=O)c2c1ccc1nc(Nc3c(Cl)cccc3Cl)n(C)c12. The third kappa shape index (κ3) is 4.96. The number of urea groups is 1. The molecule has 0 atom stereocenters. The number of fused-ring (bicyclic) bond motifs is 3. The Kier molecular flexibility index (Phi) is 7.09. The molecule has 0 spiro atoms. The number of carbonyl (C=O) groups excluding carboxylic acids is 1. The van der Waals surface area contributed by atoms with Gasteiger partial charge in [-0.1, -0.05) is 59.6 Å². The van der Waals surface area contributed by atoms with Crippen molar-refractivity contribution in [2.45, 2.75) is 6.92 Å². The number of nitrogens with zero attached hydrogens (tertiary/aromatic N) is 2. The summed E-state index contributed by atoms with van der Waals surface area (Å²) in [5.41, 5.74) is 3.92. The Balaban J connectivity index is 1.41. The summed E-state index contributed by atoms with van der Waals surface area (Å²) in [5, 5.41) is 11.0. The molecular weight excluding hydrogens is 523 g/mol. The smallest absolute Gasteiger partial charge is 0.319 e. The molecule has 5 aromatic rings. The number of rotatable bonds is 6. The molecule has 0 bridgehead atoms. The largest absolute Gasteiger partial charge is 0.334 e. The molecule has 0 aliphatic carbocycles. The highest BCUT2D eigenvalue weighted by Crippen LogP contribution is 2.34. The van der Waals surface area contributed by atoms with Crippen molar-refractivity contribution in [3.8, 4) is 0 Å². The van der Waals surface area contributed by atoms with Crippen LogP contribution in [-0.4, -0.2) is 27.1 Å². The van der Waals surface area contributed by atoms with Crippen LogP contribution in [0.25, 0.3) is 27.9 Å². The van der Waals surface area contributed by atoms with Gasteiger partial charge in [-0.25, -0.2) is 9.78 Å². The Morgan fingerprint density at radius 1 is 1.05 bits per heavy atom. The minimum atomic E-state index is -0.314. The summed E-state index contributed by atoms with van der Waals surface area (Å²) in [4.78, 5) is 33.0. The minimum absolute atomic E-state index is 0.240. The van der Waals surface area contributed by atoms with E-state index in [0.717, 1.165) is 10.9 Å². The van der Waals surface area contributed by atoms with E-state index in [1.54, 1.807) is 30.4 Å². The van der Waals surface area contributed by atoms with Gasteiger partial charge in [-0.3, -0.25) is 4.79 Å². The van der Waals surface area contributed by atoms with Gasteiger partial charge in [-0.15, -0.1) is 0 Å². The molecule has 5 rings (SSSR count). The number of aromatic nitrogens is 3. The lowest BCUT2D eigenvalue weighted by atomic mass is 10.0. The lowest BCUT2D eigenvalue weighted by molar-refractivity contribution is 0.253. The van der Waals surface area contributed by atoms with Crippen LogP contribution in [-0.2, 0) is 7.05 Å². The maximum atomic E-state index is 13.3. The van der Waals surface area contributed by atoms with Gasteiger partial charge >= 0.3 is 6.03 Å². The van der Waals surface area contributed by atoms with Crippen LogP contribution in [0.4, 0.5) is 22.1 Å². The second-order valence-electron chi connectivity index (χ2n) is 8.67. The van der Waals surface area contributed by atoms with Gasteiger partial charge in [0.05, 0.1) is 32.2 Å². The second-order valence-corrected chi connectivity index (χ2v) is 9.48. The van der Waals surface area contributed by atoms with Crippen LogP contribution in [0.15, 0.2) is 71.5 Å². The van der Waals surface area contributed by atoms with Crippen molar-refractivity contribution >= 4 is 74.4 Å². The molecule has 192 valence electrons. The number of halogens is 2.